The van der Waals surface area contributed by atoms with E-state index in [1.165, 1.54) is 0 Å². The molecule has 5 rings (SSSR count). The summed E-state index contributed by atoms with van der Waals surface area (Å²) in [5, 5.41) is 17.3. The molecule has 3 aromatic rings. The van der Waals surface area contributed by atoms with E-state index in [1.54, 1.807) is 13.2 Å². The lowest BCUT2D eigenvalue weighted by atomic mass is 9.95. The van der Waals surface area contributed by atoms with Crippen molar-refractivity contribution in [3.63, 3.8) is 0 Å². The van der Waals surface area contributed by atoms with Crippen LogP contribution < -0.4 is 14.2 Å². The summed E-state index contributed by atoms with van der Waals surface area (Å²) in [5.74, 6) is 2.42. The van der Waals surface area contributed by atoms with Crippen molar-refractivity contribution in [2.75, 3.05) is 13.7 Å². The number of ether oxygens (including phenoxy) is 3. The molecule has 6 nitrogen and oxygen atoms in total. The van der Waals surface area contributed by atoms with Gasteiger partial charge in [0.2, 0.25) is 6.23 Å². The third kappa shape index (κ3) is 3.34. The Morgan fingerprint density at radius 2 is 1.87 bits per heavy atom. The number of hydrogen-bond donors (Lipinski definition) is 1. The number of methoxy groups -OCH3 is 1. The first-order valence-corrected chi connectivity index (χ1v) is 10.4. The molecule has 0 radical (unpaired) electrons. The van der Waals surface area contributed by atoms with Gasteiger partial charge in [0.15, 0.2) is 11.5 Å². The number of para-hydroxylation sites is 2. The van der Waals surface area contributed by atoms with Crippen LogP contribution in [0.2, 0.25) is 0 Å². The average Bonchev–Trinajstić information content (AvgIpc) is 3.25. The zero-order valence-corrected chi connectivity index (χ0v) is 17.5. The van der Waals surface area contributed by atoms with E-state index in [0.717, 1.165) is 28.2 Å². The van der Waals surface area contributed by atoms with Crippen LogP contribution in [0.1, 0.15) is 42.3 Å². The summed E-state index contributed by atoms with van der Waals surface area (Å²) in [6, 6.07) is 21.2. The summed E-state index contributed by atoms with van der Waals surface area (Å²) < 4.78 is 17.6. The molecule has 2 heterocycles. The lowest BCUT2D eigenvalue weighted by Gasteiger charge is -2.38. The van der Waals surface area contributed by atoms with Crippen molar-refractivity contribution in [2.45, 2.75) is 25.6 Å². The molecule has 0 unspecified atom stereocenters. The average molecular weight is 416 g/mol. The van der Waals surface area contributed by atoms with E-state index in [-0.39, 0.29) is 11.8 Å². The summed E-state index contributed by atoms with van der Waals surface area (Å²) in [6.07, 6.45) is 0.260. The number of phenols is 1. The van der Waals surface area contributed by atoms with Gasteiger partial charge < -0.3 is 19.3 Å². The fourth-order valence-corrected chi connectivity index (χ4v) is 4.25. The third-order valence-electron chi connectivity index (χ3n) is 5.69. The zero-order valence-electron chi connectivity index (χ0n) is 17.5. The first kappa shape index (κ1) is 19.3. The number of fused-ring (bicyclic) bond motifs is 3. The van der Waals surface area contributed by atoms with Crippen molar-refractivity contribution >= 4 is 5.71 Å². The van der Waals surface area contributed by atoms with Crippen LogP contribution in [0.5, 0.6) is 23.0 Å². The molecule has 0 fully saturated rings. The summed E-state index contributed by atoms with van der Waals surface area (Å²) in [5.41, 5.74) is 3.59. The molecule has 0 saturated carbocycles. The quantitative estimate of drug-likeness (QED) is 0.631. The van der Waals surface area contributed by atoms with Gasteiger partial charge in [0.05, 0.1) is 25.5 Å². The molecule has 31 heavy (non-hydrogen) atoms. The molecule has 2 aliphatic rings. The molecule has 6 heteroatoms. The van der Waals surface area contributed by atoms with Crippen LogP contribution in [0.25, 0.3) is 0 Å². The second kappa shape index (κ2) is 7.87. The first-order valence-electron chi connectivity index (χ1n) is 10.4. The van der Waals surface area contributed by atoms with Gasteiger partial charge in [-0.05, 0) is 43.3 Å². The second-order valence-corrected chi connectivity index (χ2v) is 7.52. The molecule has 1 N–H and O–H groups in total. The minimum Gasteiger partial charge on any atom is -0.507 e. The van der Waals surface area contributed by atoms with Crippen molar-refractivity contribution in [1.82, 2.24) is 5.01 Å². The zero-order chi connectivity index (χ0) is 21.4. The van der Waals surface area contributed by atoms with Gasteiger partial charge in [-0.15, -0.1) is 0 Å². The SMILES string of the molecule is CCOc1ccc([C@H]2Oc3ccccc3[C@@H]3CC(c4ccccc4O)=NN23)cc1OC. The Kier molecular flexibility index (Phi) is 4.90. The van der Waals surface area contributed by atoms with E-state index in [4.69, 9.17) is 19.3 Å². The first-order chi connectivity index (χ1) is 15.2. The van der Waals surface area contributed by atoms with E-state index in [1.807, 2.05) is 66.5 Å². The standard InChI is InChI=1S/C25H24N2O4/c1-3-30-23-13-12-16(14-24(23)29-2)25-27-20(18-9-5-7-11-22(18)31-25)15-19(26-27)17-8-4-6-10-21(17)28/h4-14,20,25,28H,3,15H2,1-2H3/t20-,25+/m0/s1. The highest BCUT2D eigenvalue weighted by molar-refractivity contribution is 6.04. The van der Waals surface area contributed by atoms with Gasteiger partial charge in [-0.25, -0.2) is 5.01 Å². The molecule has 0 aliphatic carbocycles. The number of hydrazone groups is 1. The van der Waals surface area contributed by atoms with Gasteiger partial charge in [0.1, 0.15) is 11.5 Å². The largest absolute Gasteiger partial charge is 0.507 e. The maximum atomic E-state index is 10.4. The smallest absolute Gasteiger partial charge is 0.214 e. The van der Waals surface area contributed by atoms with Crippen molar-refractivity contribution < 1.29 is 19.3 Å². The number of phenolic OH excluding ortho intramolecular Hbond substituents is 1. The van der Waals surface area contributed by atoms with Crippen LogP contribution in [-0.2, 0) is 0 Å². The Morgan fingerprint density at radius 3 is 2.68 bits per heavy atom. The predicted molar refractivity (Wildman–Crippen MR) is 118 cm³/mol. The Bertz CT molecular complexity index is 1140. The van der Waals surface area contributed by atoms with Crippen LogP contribution >= 0.6 is 0 Å². The van der Waals surface area contributed by atoms with Gasteiger partial charge in [0, 0.05) is 23.1 Å². The molecule has 3 aromatic carbocycles. The van der Waals surface area contributed by atoms with Crippen LogP contribution in [0, 0.1) is 0 Å². The van der Waals surface area contributed by atoms with Crippen LogP contribution in [-0.4, -0.2) is 29.5 Å². The van der Waals surface area contributed by atoms with Gasteiger partial charge in [-0.2, -0.15) is 5.10 Å². The van der Waals surface area contributed by atoms with Crippen LogP contribution in [0.4, 0.5) is 0 Å². The highest BCUT2D eigenvalue weighted by Crippen LogP contribution is 2.48. The third-order valence-corrected chi connectivity index (χ3v) is 5.69. The maximum absolute atomic E-state index is 10.4. The normalized spacial score (nSPS) is 19.2. The Hall–Kier alpha value is -3.67. The Balaban J connectivity index is 1.58. The van der Waals surface area contributed by atoms with Crippen molar-refractivity contribution in [2.24, 2.45) is 5.10 Å². The predicted octanol–water partition coefficient (Wildman–Crippen LogP) is 5.04. The minimum absolute atomic E-state index is 0.0159. The van der Waals surface area contributed by atoms with Crippen molar-refractivity contribution in [3.05, 3.63) is 83.4 Å². The fraction of sp³-hybridized carbons (Fsp3) is 0.240. The van der Waals surface area contributed by atoms with Gasteiger partial charge in [0.25, 0.3) is 0 Å². The molecule has 2 aliphatic heterocycles. The molecule has 2 atom stereocenters. The number of hydrogen-bond acceptors (Lipinski definition) is 6. The van der Waals surface area contributed by atoms with E-state index >= 15 is 0 Å². The Morgan fingerprint density at radius 1 is 1.06 bits per heavy atom. The Labute approximate surface area is 181 Å². The lowest BCUT2D eigenvalue weighted by molar-refractivity contribution is -0.0191. The van der Waals surface area contributed by atoms with Crippen LogP contribution in [0.3, 0.4) is 0 Å². The van der Waals surface area contributed by atoms with Gasteiger partial charge in [-0.3, -0.25) is 0 Å². The molecular weight excluding hydrogens is 392 g/mol. The van der Waals surface area contributed by atoms with Crippen molar-refractivity contribution in [3.8, 4) is 23.0 Å². The molecule has 0 aromatic heterocycles. The highest BCUT2D eigenvalue weighted by Gasteiger charge is 2.41. The highest BCUT2D eigenvalue weighted by atomic mass is 16.5. The lowest BCUT2D eigenvalue weighted by Crippen LogP contribution is -2.33. The summed E-state index contributed by atoms with van der Waals surface area (Å²) >= 11 is 0. The van der Waals surface area contributed by atoms with Crippen molar-refractivity contribution in [1.29, 1.82) is 0 Å². The van der Waals surface area contributed by atoms with Gasteiger partial charge in [-0.1, -0.05) is 30.3 Å². The van der Waals surface area contributed by atoms with E-state index in [9.17, 15) is 5.11 Å². The van der Waals surface area contributed by atoms with E-state index < -0.39 is 6.23 Å². The number of benzene rings is 3. The summed E-state index contributed by atoms with van der Waals surface area (Å²) in [4.78, 5) is 0. The molecule has 0 amide bonds. The maximum Gasteiger partial charge on any atom is 0.214 e. The minimum atomic E-state index is -0.423. The van der Waals surface area contributed by atoms with Gasteiger partial charge >= 0.3 is 0 Å². The number of rotatable bonds is 5. The molecule has 158 valence electrons. The van der Waals surface area contributed by atoms with E-state index in [2.05, 4.69) is 6.07 Å². The topological polar surface area (TPSA) is 63.5 Å². The number of aromatic hydroxyl groups is 1. The van der Waals surface area contributed by atoms with E-state index in [0.29, 0.717) is 24.5 Å². The number of nitrogens with zero attached hydrogens (tertiary/aromatic N) is 2. The second-order valence-electron chi connectivity index (χ2n) is 7.52. The molecule has 0 saturated heterocycles. The fourth-order valence-electron chi connectivity index (χ4n) is 4.25. The molecule has 0 bridgehead atoms. The monoisotopic (exact) mass is 416 g/mol. The summed E-state index contributed by atoms with van der Waals surface area (Å²) in [7, 11) is 1.63. The van der Waals surface area contributed by atoms with Crippen LogP contribution in [0.15, 0.2) is 71.8 Å². The summed E-state index contributed by atoms with van der Waals surface area (Å²) in [6.45, 7) is 2.50. The molecular formula is C25H24N2O4. The molecule has 0 spiro atoms.